The lowest BCUT2D eigenvalue weighted by Crippen LogP contribution is -2.43. The van der Waals surface area contributed by atoms with Crippen LogP contribution in [0.15, 0.2) is 0 Å². The summed E-state index contributed by atoms with van der Waals surface area (Å²) in [5.74, 6) is 0. The van der Waals surface area contributed by atoms with E-state index < -0.39 is 24.4 Å². The summed E-state index contributed by atoms with van der Waals surface area (Å²) >= 11 is 0. The number of aliphatic hydroxyl groups excluding tert-OH is 5. The van der Waals surface area contributed by atoms with Gasteiger partial charge in [-0.2, -0.15) is 0 Å². The zero-order valence-corrected chi connectivity index (χ0v) is 18.7. The van der Waals surface area contributed by atoms with Crippen LogP contribution in [0, 0.1) is 0 Å². The summed E-state index contributed by atoms with van der Waals surface area (Å²) in [6, 6.07) is 0. The first-order valence-corrected chi connectivity index (χ1v) is 10.4. The fraction of sp³-hybridized carbons (Fsp3) is 1.00. The Labute approximate surface area is 175 Å². The second-order valence-corrected chi connectivity index (χ2v) is 8.79. The fourth-order valence-corrected chi connectivity index (χ4v) is 2.85. The third-order valence-corrected chi connectivity index (χ3v) is 4.28. The van der Waals surface area contributed by atoms with Crippen LogP contribution in [0.3, 0.4) is 0 Å². The van der Waals surface area contributed by atoms with Crippen molar-refractivity contribution in [2.24, 2.45) is 0 Å². The van der Waals surface area contributed by atoms with Crippen LogP contribution in [0.5, 0.6) is 0 Å². The fourth-order valence-electron chi connectivity index (χ4n) is 2.85. The second-order valence-electron chi connectivity index (χ2n) is 8.79. The highest BCUT2D eigenvalue weighted by molar-refractivity contribution is 4.69. The minimum absolute atomic E-state index is 0.0216. The van der Waals surface area contributed by atoms with Gasteiger partial charge in [0.25, 0.3) is 0 Å². The van der Waals surface area contributed by atoms with Crippen LogP contribution < -0.4 is 0 Å². The molecule has 0 aromatic rings. The zero-order chi connectivity index (χ0) is 22.4. The van der Waals surface area contributed by atoms with Gasteiger partial charge in [0.15, 0.2) is 0 Å². The van der Waals surface area contributed by atoms with Crippen LogP contribution in [0.25, 0.3) is 0 Å². The molecular weight excluding hydrogens is 382 g/mol. The van der Waals surface area contributed by atoms with Crippen LogP contribution in [0.1, 0.15) is 33.1 Å². The van der Waals surface area contributed by atoms with Gasteiger partial charge in [-0.15, -0.1) is 0 Å². The maximum Gasteiger partial charge on any atom is 0.126 e. The van der Waals surface area contributed by atoms with Crippen molar-refractivity contribution >= 4 is 0 Å². The third kappa shape index (κ3) is 17.1. The van der Waals surface area contributed by atoms with Crippen LogP contribution in [0.2, 0.25) is 0 Å². The maximum absolute atomic E-state index is 10.2. The topological polar surface area (TPSA) is 129 Å². The van der Waals surface area contributed by atoms with Gasteiger partial charge in [0.1, 0.15) is 24.9 Å². The summed E-state index contributed by atoms with van der Waals surface area (Å²) in [7, 11) is 5.95. The molecule has 9 nitrogen and oxygen atoms in total. The van der Waals surface area contributed by atoms with E-state index in [-0.39, 0.29) is 45.2 Å². The normalized spacial score (nSPS) is 18.8. The lowest BCUT2D eigenvalue weighted by Gasteiger charge is -2.27. The number of rotatable bonds is 18. The summed E-state index contributed by atoms with van der Waals surface area (Å²) in [5, 5.41) is 48.2. The average molecular weight is 427 g/mol. The Hall–Kier alpha value is -0.360. The number of ether oxygens (including phenoxy) is 3. The molecule has 0 bridgehead atoms. The molecule has 0 aromatic heterocycles. The maximum atomic E-state index is 10.2. The van der Waals surface area contributed by atoms with Gasteiger partial charge in [0.05, 0.1) is 72.5 Å². The lowest BCUT2D eigenvalue weighted by molar-refractivity contribution is -0.873. The first-order valence-electron chi connectivity index (χ1n) is 10.4. The van der Waals surface area contributed by atoms with Crippen molar-refractivity contribution in [3.8, 4) is 0 Å². The predicted molar refractivity (Wildman–Crippen MR) is 110 cm³/mol. The van der Waals surface area contributed by atoms with Crippen molar-refractivity contribution in [2.45, 2.75) is 69.7 Å². The van der Waals surface area contributed by atoms with Crippen molar-refractivity contribution in [3.63, 3.8) is 0 Å². The van der Waals surface area contributed by atoms with Crippen molar-refractivity contribution < 1.29 is 44.2 Å². The Morgan fingerprint density at radius 3 is 1.90 bits per heavy atom. The van der Waals surface area contributed by atoms with E-state index in [0.29, 0.717) is 30.3 Å². The quantitative estimate of drug-likeness (QED) is 0.179. The van der Waals surface area contributed by atoms with Gasteiger partial charge < -0.3 is 44.2 Å². The molecule has 0 saturated heterocycles. The number of likely N-dealkylation sites (N-methyl/N-ethyl adjacent to an activating group) is 1. The standard InChI is InChI=1S/C20H44NO8/c1-6-20(8-16(23)7-15(2)28-13-18(25)10-22)29-14-19(26)12-27-11-17(24)9-21(3,4)5/h15-20,22-26H,6-14H2,1-5H3/q+1. The summed E-state index contributed by atoms with van der Waals surface area (Å²) in [6.45, 7) is 4.28. The van der Waals surface area contributed by atoms with Crippen LogP contribution in [-0.2, 0) is 14.2 Å². The van der Waals surface area contributed by atoms with Crippen LogP contribution >= 0.6 is 0 Å². The highest BCUT2D eigenvalue weighted by Crippen LogP contribution is 2.13. The van der Waals surface area contributed by atoms with Gasteiger partial charge in [-0.3, -0.25) is 0 Å². The minimum atomic E-state index is -0.918. The number of quaternary nitrogens is 1. The van der Waals surface area contributed by atoms with Gasteiger partial charge in [-0.1, -0.05) is 6.92 Å². The van der Waals surface area contributed by atoms with Gasteiger partial charge in [-0.25, -0.2) is 0 Å². The lowest BCUT2D eigenvalue weighted by atomic mass is 10.0. The Morgan fingerprint density at radius 1 is 0.759 bits per heavy atom. The van der Waals surface area contributed by atoms with Crippen LogP contribution in [0.4, 0.5) is 0 Å². The molecule has 5 N–H and O–H groups in total. The van der Waals surface area contributed by atoms with E-state index in [1.165, 1.54) is 0 Å². The number of hydrogen-bond acceptors (Lipinski definition) is 8. The molecule has 0 aliphatic rings. The summed E-state index contributed by atoms with van der Waals surface area (Å²) in [6.07, 6.45) is -1.95. The smallest absolute Gasteiger partial charge is 0.126 e. The third-order valence-electron chi connectivity index (χ3n) is 4.28. The monoisotopic (exact) mass is 426 g/mol. The number of hydrogen-bond donors (Lipinski definition) is 5. The molecule has 0 spiro atoms. The van der Waals surface area contributed by atoms with Crippen molar-refractivity contribution in [1.29, 1.82) is 0 Å². The Bertz CT molecular complexity index is 393. The first-order chi connectivity index (χ1) is 13.5. The van der Waals surface area contributed by atoms with E-state index in [2.05, 4.69) is 0 Å². The van der Waals surface area contributed by atoms with Crippen LogP contribution in [-0.4, -0.2) is 127 Å². The van der Waals surface area contributed by atoms with E-state index in [0.717, 1.165) is 0 Å². The van der Waals surface area contributed by atoms with Gasteiger partial charge in [-0.05, 0) is 26.2 Å². The van der Waals surface area contributed by atoms with E-state index >= 15 is 0 Å². The Balaban J connectivity index is 4.03. The average Bonchev–Trinajstić information content (AvgIpc) is 2.61. The molecule has 0 aromatic carbocycles. The highest BCUT2D eigenvalue weighted by atomic mass is 16.5. The molecule has 0 fully saturated rings. The predicted octanol–water partition coefficient (Wildman–Crippen LogP) is -0.874. The molecule has 0 heterocycles. The summed E-state index contributed by atoms with van der Waals surface area (Å²) in [4.78, 5) is 0. The van der Waals surface area contributed by atoms with Gasteiger partial charge in [0.2, 0.25) is 0 Å². The molecule has 6 atom stereocenters. The molecular formula is C20H44NO8+. The molecule has 29 heavy (non-hydrogen) atoms. The Morgan fingerprint density at radius 2 is 1.34 bits per heavy atom. The molecule has 0 saturated carbocycles. The van der Waals surface area contributed by atoms with Crippen molar-refractivity contribution in [2.75, 3.05) is 60.7 Å². The highest BCUT2D eigenvalue weighted by Gasteiger charge is 2.19. The molecule has 176 valence electrons. The van der Waals surface area contributed by atoms with Gasteiger partial charge in [0, 0.05) is 0 Å². The number of nitrogens with zero attached hydrogens (tertiary/aromatic N) is 1. The molecule has 0 amide bonds. The number of aliphatic hydroxyl groups is 5. The largest absolute Gasteiger partial charge is 0.394 e. The first kappa shape index (κ1) is 28.6. The van der Waals surface area contributed by atoms with E-state index in [1.807, 2.05) is 28.1 Å². The SMILES string of the molecule is CCC(CC(O)CC(C)OCC(O)CO)OCC(O)COCC(O)C[N+](C)(C)C. The van der Waals surface area contributed by atoms with Gasteiger partial charge >= 0.3 is 0 Å². The van der Waals surface area contributed by atoms with E-state index in [1.54, 1.807) is 6.92 Å². The molecule has 0 aliphatic heterocycles. The second kappa shape index (κ2) is 15.4. The van der Waals surface area contributed by atoms with E-state index in [4.69, 9.17) is 19.3 Å². The minimum Gasteiger partial charge on any atom is -0.394 e. The molecule has 0 radical (unpaired) electrons. The van der Waals surface area contributed by atoms with E-state index in [9.17, 15) is 20.4 Å². The molecule has 0 aliphatic carbocycles. The summed E-state index contributed by atoms with van der Waals surface area (Å²) < 4.78 is 17.1. The Kier molecular flexibility index (Phi) is 15.3. The summed E-state index contributed by atoms with van der Waals surface area (Å²) in [5.41, 5.74) is 0. The van der Waals surface area contributed by atoms with Crippen molar-refractivity contribution in [1.82, 2.24) is 0 Å². The molecule has 6 unspecified atom stereocenters. The molecule has 9 heteroatoms. The molecule has 0 rings (SSSR count). The zero-order valence-electron chi connectivity index (χ0n) is 18.7. The van der Waals surface area contributed by atoms with Crippen molar-refractivity contribution in [3.05, 3.63) is 0 Å².